The van der Waals surface area contributed by atoms with Crippen molar-refractivity contribution in [1.82, 2.24) is 14.9 Å². The molecule has 0 bridgehead atoms. The van der Waals surface area contributed by atoms with E-state index in [0.717, 1.165) is 42.5 Å². The van der Waals surface area contributed by atoms with Gasteiger partial charge in [-0.15, -0.1) is 0 Å². The number of nitriles is 1. The first kappa shape index (κ1) is 19.4. The van der Waals surface area contributed by atoms with Gasteiger partial charge in [0.2, 0.25) is 0 Å². The second kappa shape index (κ2) is 7.95. The molecule has 3 aromatic rings. The number of fused-ring (bicyclic) bond motifs is 2. The van der Waals surface area contributed by atoms with E-state index in [1.807, 2.05) is 25.2 Å². The number of carbonyl (C=O) groups excluding carboxylic acids is 1. The first-order valence-corrected chi connectivity index (χ1v) is 10.7. The zero-order valence-electron chi connectivity index (χ0n) is 17.4. The molecule has 1 aliphatic heterocycles. The molecule has 31 heavy (non-hydrogen) atoms. The molecule has 1 saturated carbocycles. The van der Waals surface area contributed by atoms with Gasteiger partial charge in [-0.2, -0.15) is 5.26 Å². The molecule has 2 aromatic carbocycles. The number of benzene rings is 2. The number of carbonyl (C=O) groups is 1. The minimum Gasteiger partial charge on any atom is -0.486 e. The lowest BCUT2D eigenvalue weighted by atomic mass is 9.85. The van der Waals surface area contributed by atoms with Gasteiger partial charge in [0.15, 0.2) is 11.5 Å². The standard InChI is InChI=1S/C24H24N4O3/c1-28-20-7-5-15(14-25)11-19(20)27-23(28)16-3-2-4-18(12-16)26-24(29)17-6-8-21-22(13-17)31-10-9-30-21/h5-8,11,13,16,18H,2-4,9-10,12H2,1H3,(H,26,29). The van der Waals surface area contributed by atoms with Crippen molar-refractivity contribution >= 4 is 16.9 Å². The lowest BCUT2D eigenvalue weighted by Gasteiger charge is -2.29. The topological polar surface area (TPSA) is 89.2 Å². The predicted molar refractivity (Wildman–Crippen MR) is 115 cm³/mol. The molecule has 7 heteroatoms. The maximum Gasteiger partial charge on any atom is 0.251 e. The van der Waals surface area contributed by atoms with E-state index in [4.69, 9.17) is 19.7 Å². The number of rotatable bonds is 3. The molecule has 2 aliphatic rings. The summed E-state index contributed by atoms with van der Waals surface area (Å²) < 4.78 is 13.3. The van der Waals surface area contributed by atoms with E-state index < -0.39 is 0 Å². The lowest BCUT2D eigenvalue weighted by Crippen LogP contribution is -2.38. The number of hydrogen-bond acceptors (Lipinski definition) is 5. The fourth-order valence-corrected chi connectivity index (χ4v) is 4.66. The maximum absolute atomic E-state index is 12.9. The van der Waals surface area contributed by atoms with Crippen molar-refractivity contribution in [1.29, 1.82) is 5.26 Å². The third-order valence-corrected chi connectivity index (χ3v) is 6.22. The van der Waals surface area contributed by atoms with E-state index >= 15 is 0 Å². The van der Waals surface area contributed by atoms with E-state index in [0.29, 0.717) is 35.8 Å². The van der Waals surface area contributed by atoms with E-state index in [-0.39, 0.29) is 17.9 Å². The second-order valence-corrected chi connectivity index (χ2v) is 8.24. The quantitative estimate of drug-likeness (QED) is 0.704. The summed E-state index contributed by atoms with van der Waals surface area (Å²) in [5.41, 5.74) is 3.07. The third kappa shape index (κ3) is 3.70. The zero-order valence-corrected chi connectivity index (χ0v) is 17.4. The van der Waals surface area contributed by atoms with Crippen molar-refractivity contribution in [3.8, 4) is 17.6 Å². The summed E-state index contributed by atoms with van der Waals surface area (Å²) in [5, 5.41) is 12.4. The Morgan fingerprint density at radius 3 is 2.84 bits per heavy atom. The van der Waals surface area contributed by atoms with Gasteiger partial charge < -0.3 is 19.4 Å². The van der Waals surface area contributed by atoms with Gasteiger partial charge in [0, 0.05) is 24.6 Å². The zero-order chi connectivity index (χ0) is 21.4. The van der Waals surface area contributed by atoms with Crippen LogP contribution in [-0.2, 0) is 7.05 Å². The molecule has 2 heterocycles. The van der Waals surface area contributed by atoms with E-state index in [1.54, 1.807) is 18.2 Å². The number of hydrogen-bond donors (Lipinski definition) is 1. The predicted octanol–water partition coefficient (Wildman–Crippen LogP) is 3.67. The van der Waals surface area contributed by atoms with Gasteiger partial charge in [-0.1, -0.05) is 6.42 Å². The van der Waals surface area contributed by atoms with Gasteiger partial charge in [0.05, 0.1) is 22.7 Å². The van der Waals surface area contributed by atoms with Crippen molar-refractivity contribution in [2.45, 2.75) is 37.6 Å². The molecule has 2 atom stereocenters. The molecule has 1 N–H and O–H groups in total. The summed E-state index contributed by atoms with van der Waals surface area (Å²) in [6.07, 6.45) is 3.87. The van der Waals surface area contributed by atoms with Crippen LogP contribution >= 0.6 is 0 Å². The van der Waals surface area contributed by atoms with Gasteiger partial charge in [0.1, 0.15) is 19.0 Å². The van der Waals surface area contributed by atoms with Gasteiger partial charge in [-0.3, -0.25) is 4.79 Å². The normalized spacial score (nSPS) is 20.3. The summed E-state index contributed by atoms with van der Waals surface area (Å²) in [7, 11) is 2.02. The number of nitrogens with zero attached hydrogens (tertiary/aromatic N) is 3. The molecule has 1 aliphatic carbocycles. The Labute approximate surface area is 180 Å². The molecule has 0 radical (unpaired) electrons. The van der Waals surface area contributed by atoms with Crippen LogP contribution in [0, 0.1) is 11.3 Å². The Bertz CT molecular complexity index is 1190. The van der Waals surface area contributed by atoms with Crippen LogP contribution in [0.1, 0.15) is 53.3 Å². The molecular formula is C24H24N4O3. The third-order valence-electron chi connectivity index (χ3n) is 6.22. The van der Waals surface area contributed by atoms with Crippen molar-refractivity contribution in [2.75, 3.05) is 13.2 Å². The lowest BCUT2D eigenvalue weighted by molar-refractivity contribution is 0.0923. The van der Waals surface area contributed by atoms with Crippen molar-refractivity contribution in [3.05, 3.63) is 53.3 Å². The van der Waals surface area contributed by atoms with Gasteiger partial charge >= 0.3 is 0 Å². The Hall–Kier alpha value is -3.53. The highest BCUT2D eigenvalue weighted by Crippen LogP contribution is 2.35. The van der Waals surface area contributed by atoms with Crippen LogP contribution in [0.25, 0.3) is 11.0 Å². The average Bonchev–Trinajstić information content (AvgIpc) is 3.14. The van der Waals surface area contributed by atoms with Gasteiger partial charge in [-0.25, -0.2) is 4.98 Å². The number of imidazole rings is 1. The number of ether oxygens (including phenoxy) is 2. The minimum absolute atomic E-state index is 0.0914. The molecular weight excluding hydrogens is 392 g/mol. The van der Waals surface area contributed by atoms with Crippen LogP contribution in [0.15, 0.2) is 36.4 Å². The van der Waals surface area contributed by atoms with E-state index in [1.165, 1.54) is 0 Å². The highest BCUT2D eigenvalue weighted by molar-refractivity contribution is 5.95. The molecule has 158 valence electrons. The summed E-state index contributed by atoms with van der Waals surface area (Å²) in [6.45, 7) is 1.03. The van der Waals surface area contributed by atoms with Crippen molar-refractivity contribution in [3.63, 3.8) is 0 Å². The van der Waals surface area contributed by atoms with E-state index in [2.05, 4.69) is 16.0 Å². The largest absolute Gasteiger partial charge is 0.486 e. The SMILES string of the molecule is Cn1c(C2CCCC(NC(=O)c3ccc4c(c3)OCCO4)C2)nc2cc(C#N)ccc21. The number of nitrogens with one attached hydrogen (secondary N) is 1. The average molecular weight is 416 g/mol. The number of aryl methyl sites for hydroxylation is 1. The summed E-state index contributed by atoms with van der Waals surface area (Å²) in [4.78, 5) is 17.7. The molecule has 1 aromatic heterocycles. The highest BCUT2D eigenvalue weighted by Gasteiger charge is 2.28. The smallest absolute Gasteiger partial charge is 0.251 e. The molecule has 2 unspecified atom stereocenters. The summed E-state index contributed by atoms with van der Waals surface area (Å²) >= 11 is 0. The fraction of sp³-hybridized carbons (Fsp3) is 0.375. The number of aromatic nitrogens is 2. The van der Waals surface area contributed by atoms with Crippen molar-refractivity contribution < 1.29 is 14.3 Å². The fourth-order valence-electron chi connectivity index (χ4n) is 4.66. The Kier molecular flexibility index (Phi) is 4.99. The monoisotopic (exact) mass is 416 g/mol. The highest BCUT2D eigenvalue weighted by atomic mass is 16.6. The van der Waals surface area contributed by atoms with Crippen LogP contribution in [0.3, 0.4) is 0 Å². The minimum atomic E-state index is -0.0914. The second-order valence-electron chi connectivity index (χ2n) is 8.24. The number of amides is 1. The Balaban J connectivity index is 1.32. The van der Waals surface area contributed by atoms with Gasteiger partial charge in [-0.05, 0) is 55.7 Å². The Morgan fingerprint density at radius 1 is 1.16 bits per heavy atom. The Morgan fingerprint density at radius 2 is 2.00 bits per heavy atom. The van der Waals surface area contributed by atoms with Crippen LogP contribution in [0.2, 0.25) is 0 Å². The van der Waals surface area contributed by atoms with E-state index in [9.17, 15) is 4.79 Å². The molecule has 7 nitrogen and oxygen atoms in total. The van der Waals surface area contributed by atoms with Crippen LogP contribution in [0.5, 0.6) is 11.5 Å². The maximum atomic E-state index is 12.9. The van der Waals surface area contributed by atoms with Crippen LogP contribution in [0.4, 0.5) is 0 Å². The van der Waals surface area contributed by atoms with Crippen molar-refractivity contribution in [2.24, 2.45) is 7.05 Å². The summed E-state index contributed by atoms with van der Waals surface area (Å²) in [5.74, 6) is 2.50. The van der Waals surface area contributed by atoms with Crippen LogP contribution < -0.4 is 14.8 Å². The molecule has 1 amide bonds. The molecule has 5 rings (SSSR count). The first-order valence-electron chi connectivity index (χ1n) is 10.7. The first-order chi connectivity index (χ1) is 15.1. The molecule has 0 saturated heterocycles. The molecule has 1 fully saturated rings. The van der Waals surface area contributed by atoms with Gasteiger partial charge in [0.25, 0.3) is 5.91 Å². The summed E-state index contributed by atoms with van der Waals surface area (Å²) in [6, 6.07) is 13.2. The van der Waals surface area contributed by atoms with Crippen LogP contribution in [-0.4, -0.2) is 34.7 Å². The molecule has 0 spiro atoms.